The monoisotopic (exact) mass is 366 g/mol. The van der Waals surface area contributed by atoms with E-state index >= 15 is 0 Å². The third-order valence-electron chi connectivity index (χ3n) is 4.81. The van der Waals surface area contributed by atoms with Crippen LogP contribution in [0.1, 0.15) is 31.7 Å². The van der Waals surface area contributed by atoms with Gasteiger partial charge in [-0.05, 0) is 35.2 Å². The number of ether oxygens (including phenoxy) is 3. The minimum Gasteiger partial charge on any atom is -0.496 e. The topological polar surface area (TPSA) is 57.9 Å². The summed E-state index contributed by atoms with van der Waals surface area (Å²) < 4.78 is 22.6. The fourth-order valence-corrected chi connectivity index (χ4v) is 3.33. The fraction of sp³-hybridized carbons (Fsp3) is 0.318. The zero-order chi connectivity index (χ0) is 19.0. The maximum Gasteiger partial charge on any atom is 0.200 e. The number of hydrogen-bond donors (Lipinski definition) is 0. The summed E-state index contributed by atoms with van der Waals surface area (Å²) in [6.45, 7) is 5.36. The van der Waals surface area contributed by atoms with Gasteiger partial charge in [-0.2, -0.15) is 0 Å². The van der Waals surface area contributed by atoms with Crippen LogP contribution in [0.25, 0.3) is 22.1 Å². The molecular weight excluding hydrogens is 344 g/mol. The van der Waals surface area contributed by atoms with E-state index in [-0.39, 0.29) is 11.3 Å². The third kappa shape index (κ3) is 3.14. The maximum atomic E-state index is 13.2. The Balaban J connectivity index is 1.87. The Morgan fingerprint density at radius 3 is 2.56 bits per heavy atom. The molecule has 0 aliphatic carbocycles. The average Bonchev–Trinajstić information content (AvgIpc) is 2.92. The number of hydrogen-bond acceptors (Lipinski definition) is 5. The van der Waals surface area contributed by atoms with Gasteiger partial charge in [0.05, 0.1) is 31.3 Å². The van der Waals surface area contributed by atoms with Crippen LogP contribution >= 0.6 is 0 Å². The highest BCUT2D eigenvalue weighted by Crippen LogP contribution is 2.35. The van der Waals surface area contributed by atoms with Crippen LogP contribution in [0.2, 0.25) is 0 Å². The second-order valence-electron chi connectivity index (χ2n) is 6.94. The Morgan fingerprint density at radius 2 is 1.81 bits per heavy atom. The van der Waals surface area contributed by atoms with Crippen molar-refractivity contribution in [1.29, 1.82) is 0 Å². The molecule has 1 aliphatic heterocycles. The van der Waals surface area contributed by atoms with E-state index in [0.717, 1.165) is 23.3 Å². The van der Waals surface area contributed by atoms with Crippen molar-refractivity contribution >= 4 is 11.0 Å². The van der Waals surface area contributed by atoms with Crippen molar-refractivity contribution in [3.05, 3.63) is 52.4 Å². The summed E-state index contributed by atoms with van der Waals surface area (Å²) in [5.74, 6) is 2.31. The van der Waals surface area contributed by atoms with Crippen LogP contribution in [-0.2, 0) is 0 Å². The van der Waals surface area contributed by atoms with Crippen molar-refractivity contribution in [2.75, 3.05) is 20.3 Å². The van der Waals surface area contributed by atoms with Gasteiger partial charge in [-0.15, -0.1) is 0 Å². The molecular formula is C22H22O5. The van der Waals surface area contributed by atoms with Crippen molar-refractivity contribution in [3.8, 4) is 28.4 Å². The smallest absolute Gasteiger partial charge is 0.200 e. The summed E-state index contributed by atoms with van der Waals surface area (Å²) in [4.78, 5) is 13.2. The highest BCUT2D eigenvalue weighted by Gasteiger charge is 2.17. The molecule has 5 nitrogen and oxygen atoms in total. The lowest BCUT2D eigenvalue weighted by Crippen LogP contribution is -2.06. The molecule has 0 fully saturated rings. The van der Waals surface area contributed by atoms with E-state index in [1.165, 1.54) is 6.26 Å². The first-order chi connectivity index (χ1) is 13.1. The SMILES string of the molecule is COc1cc2occ(-c3ccc4c(c3)OCCCO4)c(=O)c2cc1C(C)C. The molecule has 2 aromatic carbocycles. The second-order valence-corrected chi connectivity index (χ2v) is 6.94. The molecule has 5 heteroatoms. The van der Waals surface area contributed by atoms with Crippen molar-refractivity contribution < 1.29 is 18.6 Å². The molecule has 1 aromatic heterocycles. The molecule has 0 radical (unpaired) electrons. The normalized spacial score (nSPS) is 13.6. The van der Waals surface area contributed by atoms with Crippen molar-refractivity contribution in [1.82, 2.24) is 0 Å². The Kier molecular flexibility index (Phi) is 4.52. The molecule has 27 heavy (non-hydrogen) atoms. The fourth-order valence-electron chi connectivity index (χ4n) is 3.33. The predicted molar refractivity (Wildman–Crippen MR) is 104 cm³/mol. The van der Waals surface area contributed by atoms with Gasteiger partial charge in [0.25, 0.3) is 0 Å². The molecule has 0 N–H and O–H groups in total. The molecule has 140 valence electrons. The summed E-state index contributed by atoms with van der Waals surface area (Å²) in [6.07, 6.45) is 2.33. The van der Waals surface area contributed by atoms with Crippen LogP contribution in [0.4, 0.5) is 0 Å². The van der Waals surface area contributed by atoms with E-state index in [2.05, 4.69) is 13.8 Å². The molecule has 0 unspecified atom stereocenters. The van der Waals surface area contributed by atoms with Crippen LogP contribution in [0, 0.1) is 0 Å². The molecule has 0 bridgehead atoms. The molecule has 3 aromatic rings. The Hall–Kier alpha value is -2.95. The number of methoxy groups -OCH3 is 1. The molecule has 2 heterocycles. The van der Waals surface area contributed by atoms with E-state index < -0.39 is 0 Å². The molecule has 4 rings (SSSR count). The van der Waals surface area contributed by atoms with Gasteiger partial charge >= 0.3 is 0 Å². The maximum absolute atomic E-state index is 13.2. The van der Waals surface area contributed by atoms with Crippen LogP contribution in [0.3, 0.4) is 0 Å². The van der Waals surface area contributed by atoms with Crippen LogP contribution in [0.15, 0.2) is 45.8 Å². The van der Waals surface area contributed by atoms with Gasteiger partial charge in [-0.25, -0.2) is 0 Å². The van der Waals surface area contributed by atoms with Crippen molar-refractivity contribution in [3.63, 3.8) is 0 Å². The summed E-state index contributed by atoms with van der Waals surface area (Å²) in [6, 6.07) is 9.19. The molecule has 0 spiro atoms. The largest absolute Gasteiger partial charge is 0.496 e. The van der Waals surface area contributed by atoms with E-state index in [1.807, 2.05) is 24.3 Å². The number of rotatable bonds is 3. The van der Waals surface area contributed by atoms with Gasteiger partial charge in [0, 0.05) is 12.5 Å². The first-order valence-corrected chi connectivity index (χ1v) is 9.12. The van der Waals surface area contributed by atoms with E-state index in [0.29, 0.717) is 41.2 Å². The van der Waals surface area contributed by atoms with Gasteiger partial charge in [-0.3, -0.25) is 4.79 Å². The lowest BCUT2D eigenvalue weighted by Gasteiger charge is -2.13. The highest BCUT2D eigenvalue weighted by molar-refractivity contribution is 5.84. The summed E-state index contributed by atoms with van der Waals surface area (Å²) in [5, 5.41) is 0.545. The Bertz CT molecular complexity index is 1050. The Morgan fingerprint density at radius 1 is 1.04 bits per heavy atom. The quantitative estimate of drug-likeness (QED) is 0.669. The summed E-state index contributed by atoms with van der Waals surface area (Å²) in [7, 11) is 1.62. The summed E-state index contributed by atoms with van der Waals surface area (Å²) in [5.41, 5.74) is 2.66. The van der Waals surface area contributed by atoms with E-state index in [4.69, 9.17) is 18.6 Å². The van der Waals surface area contributed by atoms with Crippen molar-refractivity contribution in [2.24, 2.45) is 0 Å². The third-order valence-corrected chi connectivity index (χ3v) is 4.81. The zero-order valence-electron chi connectivity index (χ0n) is 15.7. The Labute approximate surface area is 157 Å². The number of fused-ring (bicyclic) bond motifs is 2. The van der Waals surface area contributed by atoms with Gasteiger partial charge in [-0.1, -0.05) is 19.9 Å². The molecule has 0 saturated carbocycles. The van der Waals surface area contributed by atoms with Gasteiger partial charge in [0.1, 0.15) is 17.6 Å². The molecule has 0 atom stereocenters. The lowest BCUT2D eigenvalue weighted by atomic mass is 9.98. The second kappa shape index (κ2) is 6.99. The van der Waals surface area contributed by atoms with Crippen LogP contribution < -0.4 is 19.6 Å². The zero-order valence-corrected chi connectivity index (χ0v) is 15.7. The predicted octanol–water partition coefficient (Wildman–Crippen LogP) is 4.75. The van der Waals surface area contributed by atoms with Crippen LogP contribution in [-0.4, -0.2) is 20.3 Å². The molecule has 1 aliphatic rings. The van der Waals surface area contributed by atoms with Gasteiger partial charge in [0.15, 0.2) is 11.5 Å². The van der Waals surface area contributed by atoms with Gasteiger partial charge in [0.2, 0.25) is 5.43 Å². The minimum absolute atomic E-state index is 0.0738. The van der Waals surface area contributed by atoms with E-state index in [1.54, 1.807) is 13.2 Å². The van der Waals surface area contributed by atoms with Crippen molar-refractivity contribution in [2.45, 2.75) is 26.2 Å². The minimum atomic E-state index is -0.0738. The first-order valence-electron chi connectivity index (χ1n) is 9.12. The number of benzene rings is 2. The highest BCUT2D eigenvalue weighted by atomic mass is 16.5. The molecule has 0 amide bonds. The standard InChI is InChI=1S/C22H22O5/c1-13(2)15-10-16-20(11-19(15)24-3)27-12-17(22(16)23)14-5-6-18-21(9-14)26-8-4-7-25-18/h5-6,9-13H,4,7-8H2,1-3H3. The first kappa shape index (κ1) is 17.5. The molecule has 0 saturated heterocycles. The van der Waals surface area contributed by atoms with Gasteiger partial charge < -0.3 is 18.6 Å². The average molecular weight is 366 g/mol. The lowest BCUT2D eigenvalue weighted by molar-refractivity contribution is 0.297. The van der Waals surface area contributed by atoms with E-state index in [9.17, 15) is 4.79 Å². The summed E-state index contributed by atoms with van der Waals surface area (Å²) >= 11 is 0. The van der Waals surface area contributed by atoms with Crippen LogP contribution in [0.5, 0.6) is 17.2 Å².